The van der Waals surface area contributed by atoms with Crippen molar-refractivity contribution in [3.05, 3.63) is 34.0 Å². The minimum Gasteiger partial charge on any atom is -0.401 e. The van der Waals surface area contributed by atoms with E-state index in [1.165, 1.54) is 12.3 Å². The van der Waals surface area contributed by atoms with E-state index in [1.807, 2.05) is 0 Å². The van der Waals surface area contributed by atoms with Crippen LogP contribution in [0.1, 0.15) is 12.6 Å². The number of nitrogen functional groups attached to an aromatic ring is 1. The number of aliphatic hydroxyl groups is 1. The van der Waals surface area contributed by atoms with Gasteiger partial charge in [0, 0.05) is 37.7 Å². The molecule has 2 aliphatic rings. The topological polar surface area (TPSA) is 143 Å². The fourth-order valence-corrected chi connectivity index (χ4v) is 3.16. The van der Waals surface area contributed by atoms with Crippen molar-refractivity contribution in [3.8, 4) is 0 Å². The van der Waals surface area contributed by atoms with Gasteiger partial charge in [-0.3, -0.25) is 9.47 Å². The van der Waals surface area contributed by atoms with Crippen LogP contribution in [0.5, 0.6) is 0 Å². The summed E-state index contributed by atoms with van der Waals surface area (Å²) in [4.78, 5) is 17.0. The summed E-state index contributed by atoms with van der Waals surface area (Å²) < 4.78 is 34.9. The molecule has 0 unspecified atom stereocenters. The Morgan fingerprint density at radius 3 is 2.85 bits per heavy atom. The molecule has 3 atom stereocenters. The van der Waals surface area contributed by atoms with Crippen LogP contribution in [0.4, 0.5) is 14.6 Å². The van der Waals surface area contributed by atoms with E-state index in [9.17, 15) is 18.7 Å². The lowest BCUT2D eigenvalue weighted by molar-refractivity contribution is -0.140. The highest BCUT2D eigenvalue weighted by atomic mass is 19.3. The van der Waals surface area contributed by atoms with Gasteiger partial charge in [-0.25, -0.2) is 4.79 Å². The van der Waals surface area contributed by atoms with Gasteiger partial charge in [0.2, 0.25) is 6.23 Å². The maximum absolute atomic E-state index is 14.5. The first-order valence-corrected chi connectivity index (χ1v) is 8.00. The molecule has 2 aliphatic heterocycles. The van der Waals surface area contributed by atoms with Gasteiger partial charge in [-0.05, 0) is 18.1 Å². The van der Waals surface area contributed by atoms with Crippen molar-refractivity contribution in [2.45, 2.75) is 30.8 Å². The third-order valence-corrected chi connectivity index (χ3v) is 4.60. The molecule has 1 saturated heterocycles. The van der Waals surface area contributed by atoms with Crippen LogP contribution >= 0.6 is 0 Å². The second-order valence-corrected chi connectivity index (χ2v) is 6.37. The Kier molecular flexibility index (Phi) is 4.78. The van der Waals surface area contributed by atoms with Crippen molar-refractivity contribution in [1.29, 1.82) is 5.41 Å². The van der Waals surface area contributed by atoms with E-state index in [4.69, 9.17) is 21.6 Å². The molecule has 1 aromatic heterocycles. The van der Waals surface area contributed by atoms with Gasteiger partial charge < -0.3 is 26.7 Å². The van der Waals surface area contributed by atoms with Gasteiger partial charge in [0.25, 0.3) is 0 Å². The molecular weight excluding hydrogens is 350 g/mol. The van der Waals surface area contributed by atoms with Gasteiger partial charge in [-0.2, -0.15) is 13.8 Å². The summed E-state index contributed by atoms with van der Waals surface area (Å²) in [6.07, 6.45) is -2.52. The second-order valence-electron chi connectivity index (χ2n) is 6.37. The number of alkyl halides is 2. The van der Waals surface area contributed by atoms with Crippen molar-refractivity contribution in [2.75, 3.05) is 25.4 Å². The molecule has 0 saturated carbocycles. The highest BCUT2D eigenvalue weighted by molar-refractivity contribution is 5.77. The van der Waals surface area contributed by atoms with Crippen molar-refractivity contribution in [3.63, 3.8) is 0 Å². The number of anilines is 1. The van der Waals surface area contributed by atoms with E-state index in [1.54, 1.807) is 4.90 Å². The number of nitrogens with zero attached hydrogens (tertiary/aromatic N) is 3. The van der Waals surface area contributed by atoms with E-state index in [0.717, 1.165) is 6.20 Å². The van der Waals surface area contributed by atoms with Gasteiger partial charge in [-0.1, -0.05) is 0 Å². The number of ether oxygens (including phenoxy) is 1. The molecule has 11 heteroatoms. The lowest BCUT2D eigenvalue weighted by Gasteiger charge is -2.30. The van der Waals surface area contributed by atoms with Crippen LogP contribution in [0.3, 0.4) is 0 Å². The Balaban J connectivity index is 1.78. The monoisotopic (exact) mass is 370 g/mol. The van der Waals surface area contributed by atoms with Crippen LogP contribution in [-0.2, 0) is 4.74 Å². The van der Waals surface area contributed by atoms with Crippen LogP contribution in [0.25, 0.3) is 0 Å². The summed E-state index contributed by atoms with van der Waals surface area (Å²) in [7, 11) is 0. The normalized spacial score (nSPS) is 29.1. The lowest BCUT2D eigenvalue weighted by atomic mass is 10.0. The highest BCUT2D eigenvalue weighted by Crippen LogP contribution is 2.42. The largest absolute Gasteiger partial charge is 0.401 e. The number of hydrogen-bond acceptors (Lipinski definition) is 8. The summed E-state index contributed by atoms with van der Waals surface area (Å²) in [5.41, 5.74) is 11.4. The Morgan fingerprint density at radius 1 is 1.50 bits per heavy atom. The second kappa shape index (κ2) is 6.74. The third kappa shape index (κ3) is 3.20. The van der Waals surface area contributed by atoms with Gasteiger partial charge in [-0.15, -0.1) is 0 Å². The van der Waals surface area contributed by atoms with E-state index in [-0.39, 0.29) is 18.9 Å². The SMILES string of the molecule is N=CC1=C(N)CN(C[C@H]2O[C@@H](n3ccc(N)nc3=O)C(F)(F)[C@@H]2O)CC1. The Morgan fingerprint density at radius 2 is 2.23 bits per heavy atom. The van der Waals surface area contributed by atoms with Crippen LogP contribution < -0.4 is 17.2 Å². The lowest BCUT2D eigenvalue weighted by Crippen LogP contribution is -2.45. The zero-order chi connectivity index (χ0) is 19.1. The minimum absolute atomic E-state index is 0.0103. The molecule has 6 N–H and O–H groups in total. The van der Waals surface area contributed by atoms with E-state index >= 15 is 0 Å². The number of rotatable bonds is 4. The summed E-state index contributed by atoms with van der Waals surface area (Å²) in [6.45, 7) is 0.797. The van der Waals surface area contributed by atoms with Crippen LogP contribution in [0.2, 0.25) is 0 Å². The molecule has 142 valence electrons. The van der Waals surface area contributed by atoms with Crippen LogP contribution in [0, 0.1) is 5.41 Å². The first-order valence-electron chi connectivity index (χ1n) is 8.00. The molecule has 0 spiro atoms. The fourth-order valence-electron chi connectivity index (χ4n) is 3.16. The molecule has 1 fully saturated rings. The number of nitrogens with two attached hydrogens (primary N) is 2. The smallest absolute Gasteiger partial charge is 0.351 e. The van der Waals surface area contributed by atoms with Gasteiger partial charge >= 0.3 is 11.6 Å². The predicted octanol–water partition coefficient (Wildman–Crippen LogP) is -0.713. The molecule has 0 bridgehead atoms. The Bertz CT molecular complexity index is 796. The quantitative estimate of drug-likeness (QED) is 0.512. The van der Waals surface area contributed by atoms with Crippen molar-refractivity contribution in [1.82, 2.24) is 14.5 Å². The molecule has 0 radical (unpaired) electrons. The predicted molar refractivity (Wildman–Crippen MR) is 88.8 cm³/mol. The Labute approximate surface area is 147 Å². The first kappa shape index (κ1) is 18.4. The number of halogens is 2. The first-order chi connectivity index (χ1) is 12.2. The zero-order valence-electron chi connectivity index (χ0n) is 13.8. The maximum Gasteiger partial charge on any atom is 0.351 e. The van der Waals surface area contributed by atoms with E-state index < -0.39 is 30.0 Å². The zero-order valence-corrected chi connectivity index (χ0v) is 13.8. The average Bonchev–Trinajstić information content (AvgIpc) is 2.79. The number of nitrogens with one attached hydrogen (secondary N) is 1. The van der Waals surface area contributed by atoms with E-state index in [0.29, 0.717) is 28.8 Å². The number of aliphatic hydroxyl groups excluding tert-OH is 1. The van der Waals surface area contributed by atoms with Crippen LogP contribution in [-0.4, -0.2) is 63.5 Å². The maximum atomic E-state index is 14.5. The molecule has 1 aromatic rings. The summed E-state index contributed by atoms with van der Waals surface area (Å²) in [5, 5.41) is 17.3. The molecule has 3 heterocycles. The molecule has 3 rings (SSSR count). The van der Waals surface area contributed by atoms with E-state index in [2.05, 4.69) is 4.98 Å². The highest BCUT2D eigenvalue weighted by Gasteiger charge is 2.59. The number of hydrogen-bond donors (Lipinski definition) is 4. The number of aromatic nitrogens is 2. The molecule has 0 amide bonds. The minimum atomic E-state index is -3.68. The van der Waals surface area contributed by atoms with Crippen molar-refractivity contribution < 1.29 is 18.6 Å². The summed E-state index contributed by atoms with van der Waals surface area (Å²) >= 11 is 0. The van der Waals surface area contributed by atoms with Crippen LogP contribution in [0.15, 0.2) is 28.3 Å². The molecular formula is C15H20F2N6O3. The average molecular weight is 370 g/mol. The Hall–Kier alpha value is -2.37. The molecule has 9 nitrogen and oxygen atoms in total. The summed E-state index contributed by atoms with van der Waals surface area (Å²) in [6, 6.07) is 1.20. The molecule has 0 aliphatic carbocycles. The molecule has 0 aromatic carbocycles. The van der Waals surface area contributed by atoms with Gasteiger partial charge in [0.05, 0.1) is 0 Å². The molecule has 26 heavy (non-hydrogen) atoms. The van der Waals surface area contributed by atoms with Gasteiger partial charge in [0.15, 0.2) is 0 Å². The standard InChI is InChI=1S/C15H20F2N6O3/c16-15(17)12(24)10(7-22-3-1-8(5-18)9(19)6-22)26-13(15)23-4-2-11(20)21-14(23)25/h2,4-5,10,12-13,18,24H,1,3,6-7,19H2,(H2,20,21,25)/t10-,12-,13-/m1/s1. The van der Waals surface area contributed by atoms with Crippen molar-refractivity contribution in [2.24, 2.45) is 5.73 Å². The third-order valence-electron chi connectivity index (χ3n) is 4.60. The van der Waals surface area contributed by atoms with Gasteiger partial charge in [0.1, 0.15) is 18.0 Å². The van der Waals surface area contributed by atoms with Crippen molar-refractivity contribution >= 4 is 12.0 Å². The summed E-state index contributed by atoms with van der Waals surface area (Å²) in [5.74, 6) is -3.77. The fraction of sp³-hybridized carbons (Fsp3) is 0.533.